The number of hydrogen-bond donors (Lipinski definition) is 2. The lowest BCUT2D eigenvalue weighted by Crippen LogP contribution is -2.41. The number of carbonyl (C=O) groups is 4. The monoisotopic (exact) mass is 402 g/mol. The molecule has 2 N–H and O–H groups in total. The largest absolute Gasteiger partial charge is 0.447 e. The number of imide groups is 1. The quantitative estimate of drug-likeness (QED) is 0.547. The highest BCUT2D eigenvalue weighted by Gasteiger charge is 2.26. The van der Waals surface area contributed by atoms with Crippen molar-refractivity contribution >= 4 is 35.3 Å². The molecule has 146 valence electrons. The summed E-state index contributed by atoms with van der Waals surface area (Å²) in [6.07, 6.45) is -1.60. The first-order chi connectivity index (χ1) is 13.4. The van der Waals surface area contributed by atoms with Gasteiger partial charge in [-0.2, -0.15) is 0 Å². The molecule has 0 saturated heterocycles. The van der Waals surface area contributed by atoms with Crippen LogP contribution in [0.15, 0.2) is 54.6 Å². The van der Waals surface area contributed by atoms with Gasteiger partial charge in [-0.3, -0.25) is 19.7 Å². The lowest BCUT2D eigenvalue weighted by Gasteiger charge is -2.17. The summed E-state index contributed by atoms with van der Waals surface area (Å²) < 4.78 is 5.24. The Hall–Kier alpha value is -3.19. The second-order valence-corrected chi connectivity index (χ2v) is 6.22. The van der Waals surface area contributed by atoms with Crippen LogP contribution in [0.5, 0.6) is 0 Å². The van der Waals surface area contributed by atoms with E-state index in [0.29, 0.717) is 16.1 Å². The second kappa shape index (κ2) is 10.2. The molecule has 3 amide bonds. The Labute approximate surface area is 167 Å². The number of ketones is 1. The van der Waals surface area contributed by atoms with Crippen LogP contribution in [0.1, 0.15) is 34.9 Å². The van der Waals surface area contributed by atoms with Gasteiger partial charge in [-0.15, -0.1) is 0 Å². The van der Waals surface area contributed by atoms with Gasteiger partial charge in [0.2, 0.25) is 6.10 Å². The van der Waals surface area contributed by atoms with E-state index in [0.717, 1.165) is 0 Å². The van der Waals surface area contributed by atoms with Gasteiger partial charge in [0.05, 0.1) is 6.42 Å². The predicted molar refractivity (Wildman–Crippen MR) is 103 cm³/mol. The Bertz CT molecular complexity index is 853. The molecular formula is C20H19ClN2O5. The van der Waals surface area contributed by atoms with Crippen molar-refractivity contribution in [2.45, 2.75) is 18.9 Å². The highest BCUT2D eigenvalue weighted by atomic mass is 35.5. The molecular weight excluding hydrogens is 384 g/mol. The molecule has 2 rings (SSSR count). The fourth-order valence-electron chi connectivity index (χ4n) is 2.33. The number of halogens is 1. The van der Waals surface area contributed by atoms with Gasteiger partial charge >= 0.3 is 12.0 Å². The Morgan fingerprint density at radius 2 is 1.61 bits per heavy atom. The summed E-state index contributed by atoms with van der Waals surface area (Å²) in [5.41, 5.74) is 0.829. The van der Waals surface area contributed by atoms with Crippen LogP contribution >= 0.6 is 11.6 Å². The van der Waals surface area contributed by atoms with Crippen molar-refractivity contribution in [2.75, 3.05) is 7.05 Å². The van der Waals surface area contributed by atoms with E-state index in [2.05, 4.69) is 10.6 Å². The van der Waals surface area contributed by atoms with Gasteiger partial charge in [-0.1, -0.05) is 41.9 Å². The summed E-state index contributed by atoms with van der Waals surface area (Å²) in [5.74, 6) is -1.77. The van der Waals surface area contributed by atoms with Crippen molar-refractivity contribution in [3.8, 4) is 0 Å². The summed E-state index contributed by atoms with van der Waals surface area (Å²) in [5, 5.41) is 4.84. The number of esters is 1. The van der Waals surface area contributed by atoms with Crippen molar-refractivity contribution in [2.24, 2.45) is 0 Å². The van der Waals surface area contributed by atoms with E-state index in [4.69, 9.17) is 16.3 Å². The number of carbonyl (C=O) groups excluding carboxylic acids is 4. The number of benzene rings is 2. The molecule has 0 bridgehead atoms. The third kappa shape index (κ3) is 6.21. The summed E-state index contributed by atoms with van der Waals surface area (Å²) in [6, 6.07) is 13.9. The highest BCUT2D eigenvalue weighted by Crippen LogP contribution is 2.19. The predicted octanol–water partition coefficient (Wildman–Crippen LogP) is 3.04. The van der Waals surface area contributed by atoms with Gasteiger partial charge in [0, 0.05) is 29.6 Å². The summed E-state index contributed by atoms with van der Waals surface area (Å²) in [7, 11) is 1.36. The number of amides is 3. The van der Waals surface area contributed by atoms with E-state index < -0.39 is 24.0 Å². The molecule has 0 heterocycles. The van der Waals surface area contributed by atoms with Gasteiger partial charge in [0.15, 0.2) is 5.78 Å². The third-order valence-electron chi connectivity index (χ3n) is 3.78. The molecule has 7 nitrogen and oxygen atoms in total. The zero-order chi connectivity index (χ0) is 20.5. The Kier molecular flexibility index (Phi) is 7.71. The van der Waals surface area contributed by atoms with Crippen molar-refractivity contribution < 1.29 is 23.9 Å². The van der Waals surface area contributed by atoms with Gasteiger partial charge in [-0.05, 0) is 24.3 Å². The summed E-state index contributed by atoms with van der Waals surface area (Å²) in [4.78, 5) is 48.1. The molecule has 0 saturated carbocycles. The van der Waals surface area contributed by atoms with Gasteiger partial charge < -0.3 is 10.1 Å². The van der Waals surface area contributed by atoms with Crippen LogP contribution in [0.25, 0.3) is 0 Å². The van der Waals surface area contributed by atoms with E-state index in [1.165, 1.54) is 7.05 Å². The first-order valence-corrected chi connectivity index (χ1v) is 8.84. The minimum atomic E-state index is -1.31. The highest BCUT2D eigenvalue weighted by molar-refractivity contribution is 6.30. The number of urea groups is 1. The standard InChI is InChI=1S/C20H19ClN2O5/c1-22-20(27)23-19(26)18(14-5-3-2-4-6-14)28-17(25)12-11-16(24)13-7-9-15(21)10-8-13/h2-10,18H,11-12H2,1H3,(H2,22,23,26,27)/t18-/m1/s1. The fraction of sp³-hybridized carbons (Fsp3) is 0.200. The molecule has 0 fully saturated rings. The number of hydrogen-bond acceptors (Lipinski definition) is 5. The van der Waals surface area contributed by atoms with E-state index >= 15 is 0 Å². The third-order valence-corrected chi connectivity index (χ3v) is 4.03. The fourth-order valence-corrected chi connectivity index (χ4v) is 2.45. The smallest absolute Gasteiger partial charge is 0.321 e. The zero-order valence-electron chi connectivity index (χ0n) is 15.1. The average molecular weight is 403 g/mol. The van der Waals surface area contributed by atoms with Crippen LogP contribution in [0, 0.1) is 0 Å². The molecule has 0 aliphatic heterocycles. The Morgan fingerprint density at radius 3 is 2.21 bits per heavy atom. The van der Waals surface area contributed by atoms with Crippen LogP contribution in [-0.2, 0) is 14.3 Å². The normalized spacial score (nSPS) is 11.2. The van der Waals surface area contributed by atoms with Crippen LogP contribution in [0.4, 0.5) is 4.79 Å². The zero-order valence-corrected chi connectivity index (χ0v) is 15.9. The topological polar surface area (TPSA) is 102 Å². The summed E-state index contributed by atoms with van der Waals surface area (Å²) >= 11 is 5.78. The molecule has 0 unspecified atom stereocenters. The Balaban J connectivity index is 2.01. The lowest BCUT2D eigenvalue weighted by molar-refractivity contribution is -0.156. The minimum Gasteiger partial charge on any atom is -0.447 e. The maximum atomic E-state index is 12.3. The maximum Gasteiger partial charge on any atom is 0.321 e. The molecule has 2 aromatic rings. The maximum absolute atomic E-state index is 12.3. The van der Waals surface area contributed by atoms with Gasteiger partial charge in [-0.25, -0.2) is 4.79 Å². The van der Waals surface area contributed by atoms with Crippen LogP contribution < -0.4 is 10.6 Å². The van der Waals surface area contributed by atoms with Crippen LogP contribution in [0.2, 0.25) is 5.02 Å². The van der Waals surface area contributed by atoms with Crippen LogP contribution in [-0.4, -0.2) is 30.7 Å². The molecule has 28 heavy (non-hydrogen) atoms. The molecule has 0 radical (unpaired) electrons. The van der Waals surface area contributed by atoms with E-state index in [-0.39, 0.29) is 18.6 Å². The van der Waals surface area contributed by atoms with E-state index in [1.807, 2.05) is 0 Å². The van der Waals surface area contributed by atoms with Crippen LogP contribution in [0.3, 0.4) is 0 Å². The Morgan fingerprint density at radius 1 is 0.964 bits per heavy atom. The SMILES string of the molecule is CNC(=O)NC(=O)[C@H](OC(=O)CCC(=O)c1ccc(Cl)cc1)c1ccccc1. The molecule has 0 aliphatic carbocycles. The van der Waals surface area contributed by atoms with E-state index in [1.54, 1.807) is 54.6 Å². The number of ether oxygens (including phenoxy) is 1. The molecule has 8 heteroatoms. The number of rotatable bonds is 7. The average Bonchev–Trinajstić information content (AvgIpc) is 2.71. The van der Waals surface area contributed by atoms with Gasteiger partial charge in [0.1, 0.15) is 0 Å². The van der Waals surface area contributed by atoms with Crippen molar-refractivity contribution in [3.05, 3.63) is 70.7 Å². The molecule has 0 spiro atoms. The molecule has 0 aliphatic rings. The van der Waals surface area contributed by atoms with Gasteiger partial charge in [0.25, 0.3) is 5.91 Å². The minimum absolute atomic E-state index is 0.0843. The number of Topliss-reactive ketones (excluding diaryl/α,β-unsaturated/α-hetero) is 1. The molecule has 1 atom stereocenters. The molecule has 2 aromatic carbocycles. The molecule has 0 aromatic heterocycles. The summed E-state index contributed by atoms with van der Waals surface area (Å²) in [6.45, 7) is 0. The second-order valence-electron chi connectivity index (χ2n) is 5.78. The van der Waals surface area contributed by atoms with Crippen molar-refractivity contribution in [1.82, 2.24) is 10.6 Å². The van der Waals surface area contributed by atoms with E-state index in [9.17, 15) is 19.2 Å². The van der Waals surface area contributed by atoms with Crippen molar-refractivity contribution in [3.63, 3.8) is 0 Å². The van der Waals surface area contributed by atoms with Crippen molar-refractivity contribution in [1.29, 1.82) is 0 Å². The number of nitrogens with one attached hydrogen (secondary N) is 2. The first-order valence-electron chi connectivity index (χ1n) is 8.46. The first kappa shape index (κ1) is 21.1. The lowest BCUT2D eigenvalue weighted by atomic mass is 10.1.